The van der Waals surface area contributed by atoms with E-state index >= 15 is 0 Å². The summed E-state index contributed by atoms with van der Waals surface area (Å²) in [5.74, 6) is 0.734. The van der Waals surface area contributed by atoms with E-state index in [0.717, 1.165) is 22.3 Å². The number of furan rings is 1. The number of rotatable bonds is 4. The predicted octanol–water partition coefficient (Wildman–Crippen LogP) is 3.95. The normalized spacial score (nSPS) is 13.5. The molecule has 0 saturated heterocycles. The molecule has 23 heavy (non-hydrogen) atoms. The number of aromatic nitrogens is 1. The molecule has 0 spiro atoms. The van der Waals surface area contributed by atoms with Crippen LogP contribution in [0.4, 0.5) is 4.79 Å². The molecule has 118 valence electrons. The van der Waals surface area contributed by atoms with Gasteiger partial charge in [-0.3, -0.25) is 4.98 Å². The molecule has 0 radical (unpaired) electrons. The molecule has 0 aliphatic carbocycles. The Morgan fingerprint density at radius 2 is 1.74 bits per heavy atom. The largest absolute Gasteiger partial charge is 0.459 e. The summed E-state index contributed by atoms with van der Waals surface area (Å²) in [6.45, 7) is 3.83. The van der Waals surface area contributed by atoms with Gasteiger partial charge in [0.15, 0.2) is 0 Å². The lowest BCUT2D eigenvalue weighted by Crippen LogP contribution is -2.38. The monoisotopic (exact) mass is 309 g/mol. The molecule has 0 saturated carbocycles. The van der Waals surface area contributed by atoms with Crippen molar-refractivity contribution in [3.63, 3.8) is 0 Å². The number of urea groups is 1. The standard InChI is InChI=1S/C18H19N3O2/c1-12(14-7-9-19-10-8-14)20-18(22)21-13(2)17-11-15-5-3-4-6-16(15)23-17/h3-13H,1-2H3,(H2,20,21,22). The number of pyridine rings is 1. The molecule has 5 heteroatoms. The van der Waals surface area contributed by atoms with Gasteiger partial charge < -0.3 is 15.1 Å². The fraction of sp³-hybridized carbons (Fsp3) is 0.222. The van der Waals surface area contributed by atoms with Gasteiger partial charge in [-0.1, -0.05) is 18.2 Å². The maximum atomic E-state index is 12.1. The Balaban J connectivity index is 1.63. The number of para-hydroxylation sites is 1. The van der Waals surface area contributed by atoms with Crippen LogP contribution < -0.4 is 10.6 Å². The van der Waals surface area contributed by atoms with E-state index in [2.05, 4.69) is 15.6 Å². The third kappa shape index (κ3) is 3.51. The average Bonchev–Trinajstić information content (AvgIpc) is 2.99. The van der Waals surface area contributed by atoms with Gasteiger partial charge in [-0.15, -0.1) is 0 Å². The summed E-state index contributed by atoms with van der Waals surface area (Å²) in [5, 5.41) is 6.84. The van der Waals surface area contributed by atoms with Crippen molar-refractivity contribution in [1.29, 1.82) is 0 Å². The van der Waals surface area contributed by atoms with E-state index in [1.807, 2.05) is 56.3 Å². The van der Waals surface area contributed by atoms with E-state index < -0.39 is 0 Å². The van der Waals surface area contributed by atoms with Crippen LogP contribution in [-0.2, 0) is 0 Å². The summed E-state index contributed by atoms with van der Waals surface area (Å²) < 4.78 is 5.77. The molecule has 2 unspecified atom stereocenters. The molecule has 0 fully saturated rings. The molecule has 0 bridgehead atoms. The zero-order valence-electron chi connectivity index (χ0n) is 13.1. The van der Waals surface area contributed by atoms with Crippen LogP contribution in [0.5, 0.6) is 0 Å². The second-order valence-electron chi connectivity index (χ2n) is 5.53. The van der Waals surface area contributed by atoms with Crippen LogP contribution in [0.15, 0.2) is 59.3 Å². The molecule has 5 nitrogen and oxygen atoms in total. The molecule has 3 aromatic rings. The van der Waals surface area contributed by atoms with Crippen LogP contribution in [0.25, 0.3) is 11.0 Å². The van der Waals surface area contributed by atoms with Crippen molar-refractivity contribution in [3.8, 4) is 0 Å². The number of amides is 2. The molecule has 0 aliphatic heterocycles. The molecule has 2 amide bonds. The zero-order chi connectivity index (χ0) is 16.2. The Hall–Kier alpha value is -2.82. The number of nitrogens with one attached hydrogen (secondary N) is 2. The van der Waals surface area contributed by atoms with E-state index in [1.54, 1.807) is 12.4 Å². The van der Waals surface area contributed by atoms with Crippen molar-refractivity contribution in [1.82, 2.24) is 15.6 Å². The fourth-order valence-electron chi connectivity index (χ4n) is 2.46. The Morgan fingerprint density at radius 1 is 1.04 bits per heavy atom. The molecule has 0 aliphatic rings. The molecular weight excluding hydrogens is 290 g/mol. The first-order valence-corrected chi connectivity index (χ1v) is 7.59. The first-order valence-electron chi connectivity index (χ1n) is 7.59. The highest BCUT2D eigenvalue weighted by Gasteiger charge is 2.15. The Labute approximate surface area is 134 Å². The summed E-state index contributed by atoms with van der Waals surface area (Å²) in [4.78, 5) is 16.1. The second-order valence-corrected chi connectivity index (χ2v) is 5.53. The van der Waals surface area contributed by atoms with Crippen molar-refractivity contribution in [2.45, 2.75) is 25.9 Å². The van der Waals surface area contributed by atoms with Gasteiger partial charge >= 0.3 is 6.03 Å². The van der Waals surface area contributed by atoms with Crippen LogP contribution in [0.1, 0.15) is 37.3 Å². The van der Waals surface area contributed by atoms with Crippen LogP contribution in [0.3, 0.4) is 0 Å². The lowest BCUT2D eigenvalue weighted by Gasteiger charge is -2.17. The first kappa shape index (κ1) is 15.1. The minimum absolute atomic E-state index is 0.0964. The number of hydrogen-bond donors (Lipinski definition) is 2. The Morgan fingerprint density at radius 3 is 2.48 bits per heavy atom. The lowest BCUT2D eigenvalue weighted by molar-refractivity contribution is 0.233. The van der Waals surface area contributed by atoms with Crippen LogP contribution >= 0.6 is 0 Å². The molecule has 2 atom stereocenters. The molecule has 2 aromatic heterocycles. The molecule has 2 N–H and O–H groups in total. The highest BCUT2D eigenvalue weighted by molar-refractivity contribution is 5.78. The third-order valence-electron chi connectivity index (χ3n) is 3.77. The fourth-order valence-corrected chi connectivity index (χ4v) is 2.46. The summed E-state index contributed by atoms with van der Waals surface area (Å²) in [5.41, 5.74) is 1.83. The van der Waals surface area contributed by atoms with E-state index in [-0.39, 0.29) is 18.1 Å². The van der Waals surface area contributed by atoms with Gasteiger partial charge in [0, 0.05) is 17.8 Å². The van der Waals surface area contributed by atoms with E-state index in [0.29, 0.717) is 0 Å². The van der Waals surface area contributed by atoms with E-state index in [1.165, 1.54) is 0 Å². The van der Waals surface area contributed by atoms with Gasteiger partial charge in [-0.25, -0.2) is 4.79 Å². The molecule has 1 aromatic carbocycles. The summed E-state index contributed by atoms with van der Waals surface area (Å²) in [6.07, 6.45) is 3.42. The van der Waals surface area contributed by atoms with Gasteiger partial charge in [0.2, 0.25) is 0 Å². The number of carbonyl (C=O) groups excluding carboxylic acids is 1. The van der Waals surface area contributed by atoms with Crippen molar-refractivity contribution in [2.24, 2.45) is 0 Å². The molecule has 3 rings (SSSR count). The highest BCUT2D eigenvalue weighted by atomic mass is 16.3. The smallest absolute Gasteiger partial charge is 0.315 e. The second kappa shape index (κ2) is 6.52. The van der Waals surface area contributed by atoms with E-state index in [4.69, 9.17) is 4.42 Å². The van der Waals surface area contributed by atoms with Crippen molar-refractivity contribution in [2.75, 3.05) is 0 Å². The highest BCUT2D eigenvalue weighted by Crippen LogP contribution is 2.23. The summed E-state index contributed by atoms with van der Waals surface area (Å²) >= 11 is 0. The van der Waals surface area contributed by atoms with Gasteiger partial charge in [-0.05, 0) is 43.7 Å². The van der Waals surface area contributed by atoms with Crippen LogP contribution in [0.2, 0.25) is 0 Å². The maximum absolute atomic E-state index is 12.1. The average molecular weight is 309 g/mol. The predicted molar refractivity (Wildman–Crippen MR) is 88.9 cm³/mol. The number of benzene rings is 1. The number of carbonyl (C=O) groups is 1. The quantitative estimate of drug-likeness (QED) is 0.767. The summed E-state index contributed by atoms with van der Waals surface area (Å²) in [6, 6.07) is 13.0. The third-order valence-corrected chi connectivity index (χ3v) is 3.77. The van der Waals surface area contributed by atoms with Crippen molar-refractivity contribution >= 4 is 17.0 Å². The van der Waals surface area contributed by atoms with Crippen LogP contribution in [0, 0.1) is 0 Å². The maximum Gasteiger partial charge on any atom is 0.315 e. The summed E-state index contributed by atoms with van der Waals surface area (Å²) in [7, 11) is 0. The number of hydrogen-bond acceptors (Lipinski definition) is 3. The van der Waals surface area contributed by atoms with Gasteiger partial charge in [0.1, 0.15) is 11.3 Å². The number of fused-ring (bicyclic) bond motifs is 1. The van der Waals surface area contributed by atoms with Gasteiger partial charge in [0.25, 0.3) is 0 Å². The van der Waals surface area contributed by atoms with Crippen molar-refractivity contribution in [3.05, 3.63) is 66.2 Å². The Bertz CT molecular complexity index is 765. The van der Waals surface area contributed by atoms with Crippen molar-refractivity contribution < 1.29 is 9.21 Å². The van der Waals surface area contributed by atoms with Gasteiger partial charge in [-0.2, -0.15) is 0 Å². The number of nitrogens with zero attached hydrogens (tertiary/aromatic N) is 1. The minimum atomic E-state index is -0.234. The minimum Gasteiger partial charge on any atom is -0.459 e. The van der Waals surface area contributed by atoms with Crippen LogP contribution in [-0.4, -0.2) is 11.0 Å². The van der Waals surface area contributed by atoms with E-state index in [9.17, 15) is 4.79 Å². The first-order chi connectivity index (χ1) is 11.1. The molecular formula is C18H19N3O2. The topological polar surface area (TPSA) is 67.2 Å². The lowest BCUT2D eigenvalue weighted by atomic mass is 10.1. The SMILES string of the molecule is CC(NC(=O)NC(C)c1cc2ccccc2o1)c1ccncc1. The van der Waals surface area contributed by atoms with Gasteiger partial charge in [0.05, 0.1) is 12.1 Å². The Kier molecular flexibility index (Phi) is 4.28. The molecule has 2 heterocycles. The zero-order valence-corrected chi connectivity index (χ0v) is 13.1.